The molecule has 0 aromatic heterocycles. The summed E-state index contributed by atoms with van der Waals surface area (Å²) in [7, 11) is 0. The molecule has 3 unspecified atom stereocenters. The number of morpholine rings is 1. The lowest BCUT2D eigenvalue weighted by atomic mass is 10.1. The first-order valence-electron chi connectivity index (χ1n) is 6.00. The zero-order valence-electron chi connectivity index (χ0n) is 9.27. The van der Waals surface area contributed by atoms with E-state index in [0.717, 1.165) is 26.2 Å². The van der Waals surface area contributed by atoms with Crippen LogP contribution in [0, 0.1) is 5.92 Å². The first kappa shape index (κ1) is 11.3. The van der Waals surface area contributed by atoms with E-state index in [9.17, 15) is 0 Å². The Labute approximate surface area is 91.4 Å². The lowest BCUT2D eigenvalue weighted by Gasteiger charge is -2.36. The van der Waals surface area contributed by atoms with Gasteiger partial charge in [-0.3, -0.25) is 4.90 Å². The van der Waals surface area contributed by atoms with Crippen LogP contribution in [0.5, 0.6) is 0 Å². The molecule has 1 aliphatic carbocycles. The van der Waals surface area contributed by atoms with E-state index in [1.165, 1.54) is 19.3 Å². The van der Waals surface area contributed by atoms with Crippen LogP contribution in [0.15, 0.2) is 0 Å². The minimum Gasteiger partial charge on any atom is -0.394 e. The van der Waals surface area contributed by atoms with E-state index in [-0.39, 0.29) is 12.7 Å². The molecule has 0 spiro atoms. The van der Waals surface area contributed by atoms with E-state index in [4.69, 9.17) is 15.6 Å². The predicted octanol–water partition coefficient (Wildman–Crippen LogP) is -0.193. The molecule has 1 heterocycles. The monoisotopic (exact) mass is 214 g/mol. The third-order valence-corrected chi connectivity index (χ3v) is 3.74. The van der Waals surface area contributed by atoms with Gasteiger partial charge in [0.15, 0.2) is 0 Å². The Morgan fingerprint density at radius 1 is 1.40 bits per heavy atom. The van der Waals surface area contributed by atoms with Crippen molar-refractivity contribution in [3.63, 3.8) is 0 Å². The van der Waals surface area contributed by atoms with Crippen LogP contribution in [-0.2, 0) is 4.74 Å². The Kier molecular flexibility index (Phi) is 3.97. The van der Waals surface area contributed by atoms with Gasteiger partial charge >= 0.3 is 0 Å². The maximum atomic E-state index is 9.08. The van der Waals surface area contributed by atoms with Gasteiger partial charge in [-0.2, -0.15) is 0 Å². The second-order valence-corrected chi connectivity index (χ2v) is 4.74. The highest BCUT2D eigenvalue weighted by Crippen LogP contribution is 2.29. The van der Waals surface area contributed by atoms with Gasteiger partial charge in [-0.25, -0.2) is 0 Å². The number of hydrogen-bond acceptors (Lipinski definition) is 4. The van der Waals surface area contributed by atoms with Crippen LogP contribution in [0.3, 0.4) is 0 Å². The van der Waals surface area contributed by atoms with Crippen molar-refractivity contribution < 1.29 is 9.84 Å². The maximum absolute atomic E-state index is 9.08. The summed E-state index contributed by atoms with van der Waals surface area (Å²) in [5.41, 5.74) is 5.70. The quantitative estimate of drug-likeness (QED) is 0.683. The minimum atomic E-state index is 0.0238. The first-order chi connectivity index (χ1) is 7.33. The van der Waals surface area contributed by atoms with Crippen LogP contribution >= 0.6 is 0 Å². The highest BCUT2D eigenvalue weighted by Gasteiger charge is 2.31. The minimum absolute atomic E-state index is 0.0238. The second kappa shape index (κ2) is 5.25. The molecule has 0 bridgehead atoms. The molecule has 0 radical (unpaired) electrons. The summed E-state index contributed by atoms with van der Waals surface area (Å²) in [6.07, 6.45) is 3.78. The van der Waals surface area contributed by atoms with Gasteiger partial charge in [-0.1, -0.05) is 0 Å². The van der Waals surface area contributed by atoms with E-state index in [1.807, 2.05) is 0 Å². The van der Waals surface area contributed by atoms with Gasteiger partial charge in [-0.15, -0.1) is 0 Å². The topological polar surface area (TPSA) is 58.7 Å². The van der Waals surface area contributed by atoms with Crippen molar-refractivity contribution in [2.75, 3.05) is 32.8 Å². The van der Waals surface area contributed by atoms with Crippen molar-refractivity contribution >= 4 is 0 Å². The molecule has 1 saturated heterocycles. The largest absolute Gasteiger partial charge is 0.394 e. The van der Waals surface area contributed by atoms with Crippen LogP contribution in [-0.4, -0.2) is 55.0 Å². The van der Waals surface area contributed by atoms with Gasteiger partial charge in [0, 0.05) is 19.1 Å². The summed E-state index contributed by atoms with van der Waals surface area (Å²) in [5, 5.41) is 9.08. The number of nitrogens with two attached hydrogens (primary N) is 1. The normalized spacial score (nSPS) is 38.4. The van der Waals surface area contributed by atoms with Crippen LogP contribution in [0.1, 0.15) is 19.3 Å². The fourth-order valence-electron chi connectivity index (χ4n) is 2.78. The van der Waals surface area contributed by atoms with Crippen molar-refractivity contribution in [2.24, 2.45) is 11.7 Å². The molecule has 0 aromatic rings. The lowest BCUT2D eigenvalue weighted by Crippen LogP contribution is -2.48. The molecule has 0 amide bonds. The smallest absolute Gasteiger partial charge is 0.0932 e. The molecule has 2 aliphatic rings. The van der Waals surface area contributed by atoms with Gasteiger partial charge in [0.1, 0.15) is 0 Å². The fraction of sp³-hybridized carbons (Fsp3) is 1.00. The van der Waals surface area contributed by atoms with Crippen molar-refractivity contribution in [3.05, 3.63) is 0 Å². The molecule has 88 valence electrons. The molecule has 15 heavy (non-hydrogen) atoms. The molecule has 4 heteroatoms. The zero-order valence-corrected chi connectivity index (χ0v) is 9.27. The number of rotatable bonds is 3. The van der Waals surface area contributed by atoms with E-state index in [0.29, 0.717) is 12.0 Å². The Morgan fingerprint density at radius 3 is 2.93 bits per heavy atom. The third kappa shape index (κ3) is 2.69. The molecular formula is C11H22N2O2. The Morgan fingerprint density at radius 2 is 2.27 bits per heavy atom. The molecular weight excluding hydrogens is 192 g/mol. The Bertz CT molecular complexity index is 201. The summed E-state index contributed by atoms with van der Waals surface area (Å²) >= 11 is 0. The van der Waals surface area contributed by atoms with Crippen molar-refractivity contribution in [1.29, 1.82) is 0 Å². The summed E-state index contributed by atoms with van der Waals surface area (Å²) in [6, 6.07) is 0.677. The highest BCUT2D eigenvalue weighted by atomic mass is 16.5. The summed E-state index contributed by atoms with van der Waals surface area (Å²) in [6.45, 7) is 3.62. The average Bonchev–Trinajstić information content (AvgIpc) is 2.78. The highest BCUT2D eigenvalue weighted by molar-refractivity contribution is 4.85. The molecule has 1 saturated carbocycles. The third-order valence-electron chi connectivity index (χ3n) is 3.74. The SMILES string of the molecule is NCC1CCC(N2CCOC(CO)C2)C1. The fourth-order valence-corrected chi connectivity index (χ4v) is 2.78. The van der Waals surface area contributed by atoms with E-state index in [1.54, 1.807) is 0 Å². The van der Waals surface area contributed by atoms with Gasteiger partial charge in [0.05, 0.1) is 19.3 Å². The van der Waals surface area contributed by atoms with Gasteiger partial charge in [0.2, 0.25) is 0 Å². The number of hydrogen-bond donors (Lipinski definition) is 2. The molecule has 2 fully saturated rings. The van der Waals surface area contributed by atoms with Crippen molar-refractivity contribution in [1.82, 2.24) is 4.90 Å². The molecule has 3 atom stereocenters. The average molecular weight is 214 g/mol. The van der Waals surface area contributed by atoms with Crippen LogP contribution < -0.4 is 5.73 Å². The molecule has 2 rings (SSSR count). The molecule has 0 aromatic carbocycles. The first-order valence-corrected chi connectivity index (χ1v) is 6.00. The maximum Gasteiger partial charge on any atom is 0.0932 e. The lowest BCUT2D eigenvalue weighted by molar-refractivity contribution is -0.0643. The standard InChI is InChI=1S/C11H22N2O2/c12-6-9-1-2-10(5-9)13-3-4-15-11(7-13)8-14/h9-11,14H,1-8,12H2. The number of ether oxygens (including phenoxy) is 1. The second-order valence-electron chi connectivity index (χ2n) is 4.74. The predicted molar refractivity (Wildman–Crippen MR) is 58.6 cm³/mol. The van der Waals surface area contributed by atoms with Crippen molar-refractivity contribution in [3.8, 4) is 0 Å². The van der Waals surface area contributed by atoms with E-state index in [2.05, 4.69) is 4.90 Å². The van der Waals surface area contributed by atoms with Crippen LogP contribution in [0.4, 0.5) is 0 Å². The Balaban J connectivity index is 1.83. The van der Waals surface area contributed by atoms with E-state index >= 15 is 0 Å². The van der Waals surface area contributed by atoms with Gasteiger partial charge < -0.3 is 15.6 Å². The van der Waals surface area contributed by atoms with E-state index < -0.39 is 0 Å². The van der Waals surface area contributed by atoms with Gasteiger partial charge in [-0.05, 0) is 31.7 Å². The molecule has 3 N–H and O–H groups in total. The number of aliphatic hydroxyl groups is 1. The number of aliphatic hydroxyl groups excluding tert-OH is 1. The van der Waals surface area contributed by atoms with Crippen LogP contribution in [0.2, 0.25) is 0 Å². The molecule has 4 nitrogen and oxygen atoms in total. The summed E-state index contributed by atoms with van der Waals surface area (Å²) in [4.78, 5) is 2.47. The zero-order chi connectivity index (χ0) is 10.7. The van der Waals surface area contributed by atoms with Crippen LogP contribution in [0.25, 0.3) is 0 Å². The summed E-state index contributed by atoms with van der Waals surface area (Å²) in [5.74, 6) is 0.713. The number of nitrogens with zero attached hydrogens (tertiary/aromatic N) is 1. The van der Waals surface area contributed by atoms with Gasteiger partial charge in [0.25, 0.3) is 0 Å². The Hall–Kier alpha value is -0.160. The van der Waals surface area contributed by atoms with Crippen molar-refractivity contribution in [2.45, 2.75) is 31.4 Å². The summed E-state index contributed by atoms with van der Waals surface area (Å²) < 4.78 is 5.45. The molecule has 1 aliphatic heterocycles.